The van der Waals surface area contributed by atoms with Gasteiger partial charge in [0.15, 0.2) is 0 Å². The summed E-state index contributed by atoms with van der Waals surface area (Å²) in [6, 6.07) is 17.5. The molecular weight excluding hydrogens is 359 g/mol. The van der Waals surface area contributed by atoms with Gasteiger partial charge in [0.25, 0.3) is 0 Å². The average molecular weight is 395 g/mol. The van der Waals surface area contributed by atoms with Crippen LogP contribution < -0.4 is 10.3 Å². The van der Waals surface area contributed by atoms with Gasteiger partial charge in [-0.05, 0) is 48.0 Å². The summed E-state index contributed by atoms with van der Waals surface area (Å²) in [6.45, 7) is 6.98. The monoisotopic (exact) mass is 394 g/mol. The highest BCUT2D eigenvalue weighted by atomic mass is 31.2. The molecule has 0 saturated heterocycles. The van der Waals surface area contributed by atoms with Crippen LogP contribution >= 0.6 is 7.26 Å². The van der Waals surface area contributed by atoms with Crippen molar-refractivity contribution in [2.45, 2.75) is 59.3 Å². The van der Waals surface area contributed by atoms with Gasteiger partial charge in [-0.2, -0.15) is 0 Å². The number of fused-ring (bicyclic) bond motifs is 1. The SMILES string of the molecule is CCCC[P+](CCCC)(CCCC)c1ccc(-c2nc3ccccc3[n-]2)cc1. The van der Waals surface area contributed by atoms with E-state index < -0.39 is 7.26 Å². The van der Waals surface area contributed by atoms with Crippen molar-refractivity contribution < 1.29 is 0 Å². The summed E-state index contributed by atoms with van der Waals surface area (Å²) in [5, 5.41) is 1.63. The maximum atomic E-state index is 4.72. The van der Waals surface area contributed by atoms with Crippen LogP contribution in [0.3, 0.4) is 0 Å². The zero-order chi connectivity index (χ0) is 19.8. The van der Waals surface area contributed by atoms with Crippen molar-refractivity contribution >= 4 is 23.6 Å². The molecule has 1 aromatic heterocycles. The Balaban J connectivity index is 1.90. The normalized spacial score (nSPS) is 12.0. The third kappa shape index (κ3) is 4.84. The number of aromatic nitrogens is 2. The number of nitrogens with zero attached hydrogens (tertiary/aromatic N) is 2. The van der Waals surface area contributed by atoms with Crippen LogP contribution in [0.4, 0.5) is 0 Å². The van der Waals surface area contributed by atoms with Crippen LogP contribution in [0.2, 0.25) is 0 Å². The molecule has 0 fully saturated rings. The Morgan fingerprint density at radius 1 is 0.750 bits per heavy atom. The van der Waals surface area contributed by atoms with Crippen molar-refractivity contribution in [3.05, 3.63) is 48.5 Å². The largest absolute Gasteiger partial charge is 0.435 e. The van der Waals surface area contributed by atoms with Crippen LogP contribution in [0.5, 0.6) is 0 Å². The quantitative estimate of drug-likeness (QED) is 0.331. The Kier molecular flexibility index (Phi) is 7.68. The lowest BCUT2D eigenvalue weighted by Crippen LogP contribution is -2.21. The van der Waals surface area contributed by atoms with Crippen molar-refractivity contribution in [2.75, 3.05) is 18.5 Å². The van der Waals surface area contributed by atoms with Gasteiger partial charge >= 0.3 is 0 Å². The summed E-state index contributed by atoms with van der Waals surface area (Å²) in [4.78, 5) is 9.44. The highest BCUT2D eigenvalue weighted by Crippen LogP contribution is 2.59. The van der Waals surface area contributed by atoms with Gasteiger partial charge in [-0.15, -0.1) is 0 Å². The Morgan fingerprint density at radius 3 is 1.86 bits per heavy atom. The van der Waals surface area contributed by atoms with Gasteiger partial charge in [0, 0.05) is 7.26 Å². The molecule has 0 amide bonds. The van der Waals surface area contributed by atoms with E-state index in [0.29, 0.717) is 0 Å². The minimum Gasteiger partial charge on any atom is -0.435 e. The molecule has 28 heavy (non-hydrogen) atoms. The summed E-state index contributed by atoms with van der Waals surface area (Å²) in [6.07, 6.45) is 12.2. The molecule has 0 aliphatic heterocycles. The average Bonchev–Trinajstić information content (AvgIpc) is 3.18. The Bertz CT molecular complexity index is 796. The van der Waals surface area contributed by atoms with E-state index in [0.717, 1.165) is 22.4 Å². The fraction of sp³-hybridized carbons (Fsp3) is 0.480. The van der Waals surface area contributed by atoms with E-state index in [2.05, 4.69) is 45.0 Å². The molecule has 3 aromatic rings. The predicted molar refractivity (Wildman–Crippen MR) is 126 cm³/mol. The number of imidazole rings is 1. The first-order valence-corrected chi connectivity index (χ1v) is 13.4. The van der Waals surface area contributed by atoms with Gasteiger partial charge in [0.2, 0.25) is 0 Å². The number of benzene rings is 2. The molecule has 150 valence electrons. The maximum absolute atomic E-state index is 4.72. The first kappa shape index (κ1) is 21.1. The summed E-state index contributed by atoms with van der Waals surface area (Å²) in [7, 11) is -1.08. The summed E-state index contributed by atoms with van der Waals surface area (Å²) in [5.74, 6) is 0.854. The fourth-order valence-electron chi connectivity index (χ4n) is 4.07. The molecular formula is C25H35N2P. The zero-order valence-corrected chi connectivity index (χ0v) is 18.7. The van der Waals surface area contributed by atoms with Crippen molar-refractivity contribution in [3.8, 4) is 11.4 Å². The highest BCUT2D eigenvalue weighted by Gasteiger charge is 2.37. The number of rotatable bonds is 11. The molecule has 2 aromatic carbocycles. The number of hydrogen-bond donors (Lipinski definition) is 0. The standard InChI is InChI=1S/C25H35N2P/c1-4-7-18-28(19-8-5-2,20-9-6-3)22-16-14-21(15-17-22)25-26-23-12-10-11-13-24(23)27-25/h10-17H,4-9,18-20H2,1-3H3. The molecule has 3 heteroatoms. The lowest BCUT2D eigenvalue weighted by atomic mass is 10.2. The molecule has 0 aliphatic carbocycles. The highest BCUT2D eigenvalue weighted by molar-refractivity contribution is 7.82. The summed E-state index contributed by atoms with van der Waals surface area (Å²) >= 11 is 0. The summed E-state index contributed by atoms with van der Waals surface area (Å²) < 4.78 is 0. The molecule has 0 N–H and O–H groups in total. The smallest absolute Gasteiger partial charge is 0.0939 e. The van der Waals surface area contributed by atoms with Gasteiger partial charge in [0.05, 0.1) is 23.8 Å². The van der Waals surface area contributed by atoms with Gasteiger partial charge in [-0.25, -0.2) is 0 Å². The van der Waals surface area contributed by atoms with E-state index in [4.69, 9.17) is 9.97 Å². The van der Waals surface area contributed by atoms with Crippen molar-refractivity contribution in [3.63, 3.8) is 0 Å². The van der Waals surface area contributed by atoms with Gasteiger partial charge in [-0.3, -0.25) is 0 Å². The van der Waals surface area contributed by atoms with E-state index in [1.807, 2.05) is 24.3 Å². The lowest BCUT2D eigenvalue weighted by Gasteiger charge is -2.28. The maximum Gasteiger partial charge on any atom is 0.0939 e. The second-order valence-electron chi connectivity index (χ2n) is 7.96. The number of hydrogen-bond acceptors (Lipinski definition) is 1. The van der Waals surface area contributed by atoms with Crippen LogP contribution in [0.15, 0.2) is 48.5 Å². The van der Waals surface area contributed by atoms with Crippen LogP contribution in [0.25, 0.3) is 22.4 Å². The molecule has 0 bridgehead atoms. The Hall–Kier alpha value is -1.66. The summed E-state index contributed by atoms with van der Waals surface area (Å²) in [5.41, 5.74) is 3.11. The number of unbranched alkanes of at least 4 members (excludes halogenated alkanes) is 3. The molecule has 2 nitrogen and oxygen atoms in total. The van der Waals surface area contributed by atoms with E-state index in [-0.39, 0.29) is 0 Å². The Morgan fingerprint density at radius 2 is 1.32 bits per heavy atom. The van der Waals surface area contributed by atoms with Gasteiger partial charge < -0.3 is 9.97 Å². The minimum atomic E-state index is -1.08. The molecule has 0 saturated carbocycles. The molecule has 0 unspecified atom stereocenters. The van der Waals surface area contributed by atoms with Gasteiger partial charge in [-0.1, -0.05) is 82.3 Å². The van der Waals surface area contributed by atoms with Crippen molar-refractivity contribution in [1.82, 2.24) is 9.97 Å². The Labute approximate surface area is 171 Å². The van der Waals surface area contributed by atoms with Crippen molar-refractivity contribution in [2.24, 2.45) is 0 Å². The van der Waals surface area contributed by atoms with E-state index in [1.165, 1.54) is 57.0 Å². The van der Waals surface area contributed by atoms with Crippen LogP contribution in [0, 0.1) is 0 Å². The van der Waals surface area contributed by atoms with Crippen LogP contribution in [0.1, 0.15) is 59.3 Å². The number of para-hydroxylation sites is 2. The zero-order valence-electron chi connectivity index (χ0n) is 17.8. The fourth-order valence-corrected chi connectivity index (χ4v) is 9.06. The van der Waals surface area contributed by atoms with Crippen LogP contribution in [-0.4, -0.2) is 23.5 Å². The molecule has 0 atom stereocenters. The van der Waals surface area contributed by atoms with Gasteiger partial charge in [0.1, 0.15) is 0 Å². The topological polar surface area (TPSA) is 27.0 Å². The second kappa shape index (κ2) is 10.2. The third-order valence-electron chi connectivity index (χ3n) is 5.83. The third-order valence-corrected chi connectivity index (χ3v) is 10.7. The second-order valence-corrected chi connectivity index (χ2v) is 12.1. The van der Waals surface area contributed by atoms with E-state index in [9.17, 15) is 0 Å². The first-order valence-electron chi connectivity index (χ1n) is 11.1. The minimum absolute atomic E-state index is 0.854. The molecule has 0 radical (unpaired) electrons. The lowest BCUT2D eigenvalue weighted by molar-refractivity contribution is 0.841. The molecule has 1 heterocycles. The van der Waals surface area contributed by atoms with Crippen LogP contribution in [-0.2, 0) is 0 Å². The van der Waals surface area contributed by atoms with E-state index >= 15 is 0 Å². The molecule has 3 rings (SSSR count). The van der Waals surface area contributed by atoms with Crippen molar-refractivity contribution in [1.29, 1.82) is 0 Å². The molecule has 0 aliphatic rings. The predicted octanol–water partition coefficient (Wildman–Crippen LogP) is 6.90. The molecule has 0 spiro atoms. The van der Waals surface area contributed by atoms with E-state index in [1.54, 1.807) is 5.30 Å². The first-order chi connectivity index (χ1) is 13.7.